The molecule has 28 heavy (non-hydrogen) atoms. The van der Waals surface area contributed by atoms with Gasteiger partial charge in [0.15, 0.2) is 0 Å². The van der Waals surface area contributed by atoms with E-state index in [1.807, 2.05) is 24.3 Å². The SMILES string of the molecule is CN1C[C@]23C=CC(O2)C(C(=O)Nc2ccc(CC(=O)NC4CC4)cc2)C3C1=O. The van der Waals surface area contributed by atoms with Gasteiger partial charge in [0, 0.05) is 18.8 Å². The Labute approximate surface area is 163 Å². The molecule has 3 amide bonds. The van der Waals surface area contributed by atoms with Crippen LogP contribution < -0.4 is 10.6 Å². The summed E-state index contributed by atoms with van der Waals surface area (Å²) in [5.41, 5.74) is 0.891. The van der Waals surface area contributed by atoms with E-state index in [0.29, 0.717) is 24.7 Å². The molecule has 5 rings (SSSR count). The van der Waals surface area contributed by atoms with Gasteiger partial charge in [-0.1, -0.05) is 24.3 Å². The second kappa shape index (κ2) is 6.17. The molecule has 3 fully saturated rings. The lowest BCUT2D eigenvalue weighted by Crippen LogP contribution is -2.41. The quantitative estimate of drug-likeness (QED) is 0.741. The molecule has 3 aliphatic heterocycles. The number of anilines is 1. The Morgan fingerprint density at radius 3 is 2.71 bits per heavy atom. The van der Waals surface area contributed by atoms with Crippen molar-refractivity contribution >= 4 is 23.4 Å². The molecule has 146 valence electrons. The fraction of sp³-hybridized carbons (Fsp3) is 0.476. The van der Waals surface area contributed by atoms with Crippen LogP contribution in [0.1, 0.15) is 18.4 Å². The second-order valence-corrected chi connectivity index (χ2v) is 8.30. The van der Waals surface area contributed by atoms with Gasteiger partial charge in [-0.2, -0.15) is 0 Å². The number of likely N-dealkylation sites (N-methyl/N-ethyl adjacent to an activating group) is 1. The normalized spacial score (nSPS) is 32.5. The van der Waals surface area contributed by atoms with Crippen molar-refractivity contribution in [3.05, 3.63) is 42.0 Å². The van der Waals surface area contributed by atoms with Crippen molar-refractivity contribution in [2.24, 2.45) is 11.8 Å². The van der Waals surface area contributed by atoms with Crippen molar-refractivity contribution in [2.75, 3.05) is 18.9 Å². The number of likely N-dealkylation sites (tertiary alicyclic amines) is 1. The highest BCUT2D eigenvalue weighted by atomic mass is 16.5. The van der Waals surface area contributed by atoms with Crippen LogP contribution in [0.5, 0.6) is 0 Å². The van der Waals surface area contributed by atoms with Gasteiger partial charge in [0.2, 0.25) is 17.7 Å². The maximum absolute atomic E-state index is 12.9. The summed E-state index contributed by atoms with van der Waals surface area (Å²) in [6, 6.07) is 7.62. The van der Waals surface area contributed by atoms with E-state index in [9.17, 15) is 14.4 Å². The molecule has 2 saturated heterocycles. The number of hydrogen-bond acceptors (Lipinski definition) is 4. The summed E-state index contributed by atoms with van der Waals surface area (Å²) in [5, 5.41) is 5.88. The topological polar surface area (TPSA) is 87.7 Å². The molecule has 3 heterocycles. The number of ether oxygens (including phenoxy) is 1. The van der Waals surface area contributed by atoms with Gasteiger partial charge < -0.3 is 20.3 Å². The summed E-state index contributed by atoms with van der Waals surface area (Å²) in [6.07, 6.45) is 5.95. The van der Waals surface area contributed by atoms with E-state index in [1.54, 1.807) is 24.1 Å². The monoisotopic (exact) mass is 381 g/mol. The minimum atomic E-state index is -0.655. The van der Waals surface area contributed by atoms with E-state index in [-0.39, 0.29) is 23.8 Å². The minimum Gasteiger partial charge on any atom is -0.360 e. The average molecular weight is 381 g/mol. The number of amides is 3. The summed E-state index contributed by atoms with van der Waals surface area (Å²) in [7, 11) is 1.74. The third-order valence-corrected chi connectivity index (χ3v) is 6.12. The molecule has 1 aromatic rings. The minimum absolute atomic E-state index is 0.0272. The smallest absolute Gasteiger partial charge is 0.231 e. The highest BCUT2D eigenvalue weighted by molar-refractivity contribution is 5.99. The first-order valence-corrected chi connectivity index (χ1v) is 9.76. The van der Waals surface area contributed by atoms with E-state index in [4.69, 9.17) is 4.74 Å². The lowest BCUT2D eigenvalue weighted by molar-refractivity contribution is -0.134. The molecule has 1 aromatic carbocycles. The number of benzene rings is 1. The third kappa shape index (κ3) is 2.81. The Morgan fingerprint density at radius 1 is 1.25 bits per heavy atom. The van der Waals surface area contributed by atoms with Gasteiger partial charge in [-0.3, -0.25) is 14.4 Å². The molecule has 4 aliphatic rings. The van der Waals surface area contributed by atoms with Crippen molar-refractivity contribution in [2.45, 2.75) is 37.0 Å². The van der Waals surface area contributed by atoms with Crippen LogP contribution in [-0.2, 0) is 25.5 Å². The molecule has 2 bridgehead atoms. The van der Waals surface area contributed by atoms with Gasteiger partial charge in [-0.05, 0) is 30.5 Å². The van der Waals surface area contributed by atoms with Crippen molar-refractivity contribution in [1.82, 2.24) is 10.2 Å². The first-order chi connectivity index (χ1) is 13.4. The summed E-state index contributed by atoms with van der Waals surface area (Å²) in [4.78, 5) is 39.0. The Bertz CT molecular complexity index is 876. The van der Waals surface area contributed by atoms with Crippen LogP contribution in [0.25, 0.3) is 0 Å². The van der Waals surface area contributed by atoms with Crippen LogP contribution in [-0.4, -0.2) is 54.0 Å². The van der Waals surface area contributed by atoms with Crippen LogP contribution in [0.15, 0.2) is 36.4 Å². The number of carbonyl (C=O) groups excluding carboxylic acids is 3. The van der Waals surface area contributed by atoms with Gasteiger partial charge in [0.25, 0.3) is 0 Å². The van der Waals surface area contributed by atoms with Crippen molar-refractivity contribution in [1.29, 1.82) is 0 Å². The lowest BCUT2D eigenvalue weighted by atomic mass is 9.77. The Balaban J connectivity index is 1.25. The van der Waals surface area contributed by atoms with Crippen LogP contribution in [0.2, 0.25) is 0 Å². The van der Waals surface area contributed by atoms with E-state index in [0.717, 1.165) is 18.4 Å². The van der Waals surface area contributed by atoms with Gasteiger partial charge in [-0.25, -0.2) is 0 Å². The molecule has 1 aliphatic carbocycles. The molecule has 2 N–H and O–H groups in total. The molecule has 7 nitrogen and oxygen atoms in total. The average Bonchev–Trinajstić information content (AvgIpc) is 3.21. The first kappa shape index (κ1) is 17.4. The molecule has 1 saturated carbocycles. The van der Waals surface area contributed by atoms with E-state index >= 15 is 0 Å². The standard InChI is InChI=1S/C21H23N3O4/c1-24-11-21-9-8-15(28-21)17(18(21)20(24)27)19(26)23-14-4-2-12(3-5-14)10-16(25)22-13-6-7-13/h2-5,8-9,13,15,17-18H,6-7,10-11H2,1H3,(H,22,25)(H,23,26)/t15?,17?,18?,21-/m0/s1. The van der Waals surface area contributed by atoms with Crippen LogP contribution >= 0.6 is 0 Å². The van der Waals surface area contributed by atoms with Crippen molar-refractivity contribution < 1.29 is 19.1 Å². The summed E-state index contributed by atoms with van der Waals surface area (Å²) in [6.45, 7) is 0.491. The molecule has 0 aromatic heterocycles. The van der Waals surface area contributed by atoms with Gasteiger partial charge in [0.1, 0.15) is 5.60 Å². The highest BCUT2D eigenvalue weighted by Crippen LogP contribution is 2.51. The number of nitrogens with zero attached hydrogens (tertiary/aromatic N) is 1. The number of rotatable bonds is 5. The van der Waals surface area contributed by atoms with Gasteiger partial charge in [0.05, 0.1) is 30.9 Å². The predicted octanol–water partition coefficient (Wildman–Crippen LogP) is 0.858. The van der Waals surface area contributed by atoms with E-state index in [1.165, 1.54) is 0 Å². The number of carbonyl (C=O) groups is 3. The third-order valence-electron chi connectivity index (χ3n) is 6.12. The maximum Gasteiger partial charge on any atom is 0.231 e. The first-order valence-electron chi connectivity index (χ1n) is 9.76. The zero-order valence-corrected chi connectivity index (χ0v) is 15.7. The molecule has 3 unspecified atom stereocenters. The molecule has 1 spiro atoms. The summed E-state index contributed by atoms with van der Waals surface area (Å²) >= 11 is 0. The lowest BCUT2D eigenvalue weighted by Gasteiger charge is -2.23. The predicted molar refractivity (Wildman–Crippen MR) is 101 cm³/mol. The second-order valence-electron chi connectivity index (χ2n) is 8.30. The Hall–Kier alpha value is -2.67. The molecular weight excluding hydrogens is 358 g/mol. The van der Waals surface area contributed by atoms with Gasteiger partial charge in [-0.15, -0.1) is 0 Å². The zero-order valence-electron chi connectivity index (χ0n) is 15.7. The molecular formula is C21H23N3O4. The summed E-state index contributed by atoms with van der Waals surface area (Å²) < 4.78 is 6.02. The molecule has 4 atom stereocenters. The Kier molecular flexibility index (Phi) is 3.84. The highest BCUT2D eigenvalue weighted by Gasteiger charge is 2.66. The maximum atomic E-state index is 12.9. The fourth-order valence-corrected chi connectivity index (χ4v) is 4.61. The number of hydrogen-bond donors (Lipinski definition) is 2. The van der Waals surface area contributed by atoms with E-state index in [2.05, 4.69) is 10.6 Å². The van der Waals surface area contributed by atoms with Crippen molar-refractivity contribution in [3.63, 3.8) is 0 Å². The largest absolute Gasteiger partial charge is 0.360 e. The molecule has 0 radical (unpaired) electrons. The fourth-order valence-electron chi connectivity index (χ4n) is 4.61. The summed E-state index contributed by atoms with van der Waals surface area (Å²) in [5.74, 6) is -1.20. The number of fused-ring (bicyclic) bond motifs is 1. The van der Waals surface area contributed by atoms with Crippen LogP contribution in [0, 0.1) is 11.8 Å². The zero-order chi connectivity index (χ0) is 19.5. The Morgan fingerprint density at radius 2 is 2.00 bits per heavy atom. The van der Waals surface area contributed by atoms with Gasteiger partial charge >= 0.3 is 0 Å². The number of nitrogens with one attached hydrogen (secondary N) is 2. The van der Waals surface area contributed by atoms with Crippen LogP contribution in [0.4, 0.5) is 5.69 Å². The van der Waals surface area contributed by atoms with E-state index < -0.39 is 17.4 Å². The van der Waals surface area contributed by atoms with Crippen molar-refractivity contribution in [3.8, 4) is 0 Å². The molecule has 7 heteroatoms. The van der Waals surface area contributed by atoms with Crippen LogP contribution in [0.3, 0.4) is 0 Å².